The Hall–Kier alpha value is -1.85. The Kier molecular flexibility index (Phi) is 1.75. The third kappa shape index (κ3) is 1.23. The van der Waals surface area contributed by atoms with Gasteiger partial charge in [0.15, 0.2) is 5.78 Å². The summed E-state index contributed by atoms with van der Waals surface area (Å²) < 4.78 is 36.7. The Morgan fingerprint density at radius 3 is 2.47 bits per heavy atom. The van der Waals surface area contributed by atoms with Gasteiger partial charge in [0.05, 0.1) is 6.04 Å². The van der Waals surface area contributed by atoms with Gasteiger partial charge in [0, 0.05) is 5.56 Å². The number of nitrogens with zero attached hydrogens (tertiary/aromatic N) is 1. The van der Waals surface area contributed by atoms with Crippen LogP contribution in [-0.2, 0) is 4.79 Å². The summed E-state index contributed by atoms with van der Waals surface area (Å²) in [6, 6.07) is 4.79. The van der Waals surface area contributed by atoms with E-state index >= 15 is 0 Å². The van der Waals surface area contributed by atoms with E-state index < -0.39 is 30.0 Å². The predicted octanol–water partition coefficient (Wildman–Crippen LogP) is 1.70. The van der Waals surface area contributed by atoms with Crippen LogP contribution in [0, 0.1) is 0 Å². The average Bonchev–Trinajstić information content (AvgIpc) is 2.93. The fourth-order valence-corrected chi connectivity index (χ4v) is 2.36. The molecule has 0 aromatic heterocycles. The van der Waals surface area contributed by atoms with Crippen molar-refractivity contribution < 1.29 is 22.8 Å². The molecule has 3 nitrogen and oxygen atoms in total. The lowest BCUT2D eigenvalue weighted by Gasteiger charge is -2.11. The first-order chi connectivity index (χ1) is 7.93. The number of benzene rings is 1. The third-order valence-electron chi connectivity index (χ3n) is 3.10. The number of rotatable bonds is 0. The van der Waals surface area contributed by atoms with Crippen LogP contribution in [0.25, 0.3) is 0 Å². The van der Waals surface area contributed by atoms with Gasteiger partial charge < -0.3 is 4.90 Å². The van der Waals surface area contributed by atoms with Crippen molar-refractivity contribution in [2.45, 2.75) is 18.3 Å². The largest absolute Gasteiger partial charge is 0.471 e. The van der Waals surface area contributed by atoms with Crippen LogP contribution in [0.3, 0.4) is 0 Å². The minimum Gasteiger partial charge on any atom is -0.312 e. The lowest BCUT2D eigenvalue weighted by Crippen LogP contribution is -2.33. The SMILES string of the molecule is O=C1c2ccccc2[C@@H]2[C@H]1N2C(=O)C(F)(F)F. The Balaban J connectivity index is 1.96. The summed E-state index contributed by atoms with van der Waals surface area (Å²) in [5.74, 6) is -2.33. The zero-order valence-corrected chi connectivity index (χ0v) is 8.36. The Morgan fingerprint density at radius 1 is 1.18 bits per heavy atom. The number of amides is 1. The van der Waals surface area contributed by atoms with E-state index in [0.29, 0.717) is 16.0 Å². The molecule has 2 atom stereocenters. The van der Waals surface area contributed by atoms with Gasteiger partial charge in [-0.1, -0.05) is 24.3 Å². The maximum absolute atomic E-state index is 12.2. The van der Waals surface area contributed by atoms with E-state index in [1.54, 1.807) is 24.3 Å². The van der Waals surface area contributed by atoms with Gasteiger partial charge in [0.2, 0.25) is 0 Å². The highest BCUT2D eigenvalue weighted by Crippen LogP contribution is 2.53. The first-order valence-corrected chi connectivity index (χ1v) is 4.95. The quantitative estimate of drug-likeness (QED) is 0.648. The van der Waals surface area contributed by atoms with E-state index in [1.807, 2.05) is 0 Å². The van der Waals surface area contributed by atoms with E-state index in [0.717, 1.165) is 0 Å². The summed E-state index contributed by atoms with van der Waals surface area (Å²) >= 11 is 0. The van der Waals surface area contributed by atoms with Crippen LogP contribution in [0.5, 0.6) is 0 Å². The van der Waals surface area contributed by atoms with Crippen LogP contribution < -0.4 is 0 Å². The summed E-state index contributed by atoms with van der Waals surface area (Å²) in [5.41, 5.74) is 0.939. The zero-order chi connectivity index (χ0) is 12.4. The summed E-state index contributed by atoms with van der Waals surface area (Å²) in [6.07, 6.45) is -4.92. The van der Waals surface area contributed by atoms with Crippen LogP contribution in [-0.4, -0.2) is 28.8 Å². The molecule has 0 bridgehead atoms. The molecule has 1 aliphatic carbocycles. The molecule has 6 heteroatoms. The number of ketones is 1. The van der Waals surface area contributed by atoms with Crippen molar-refractivity contribution in [3.05, 3.63) is 35.4 Å². The number of alkyl halides is 3. The second-order valence-electron chi connectivity index (χ2n) is 4.05. The zero-order valence-electron chi connectivity index (χ0n) is 8.36. The molecular weight excluding hydrogens is 235 g/mol. The van der Waals surface area contributed by atoms with Gasteiger partial charge in [-0.05, 0) is 5.56 Å². The van der Waals surface area contributed by atoms with Crippen LogP contribution in [0.15, 0.2) is 24.3 Å². The van der Waals surface area contributed by atoms with Gasteiger partial charge in [-0.15, -0.1) is 0 Å². The molecule has 1 aliphatic heterocycles. The Bertz CT molecular complexity index is 538. The number of hydrogen-bond donors (Lipinski definition) is 0. The molecule has 1 fully saturated rings. The maximum atomic E-state index is 12.2. The van der Waals surface area contributed by atoms with Crippen LogP contribution in [0.4, 0.5) is 13.2 Å². The number of halogens is 3. The maximum Gasteiger partial charge on any atom is 0.471 e. The molecule has 88 valence electrons. The predicted molar refractivity (Wildman–Crippen MR) is 50.2 cm³/mol. The van der Waals surface area contributed by atoms with Crippen LogP contribution in [0.2, 0.25) is 0 Å². The fraction of sp³-hybridized carbons (Fsp3) is 0.273. The van der Waals surface area contributed by atoms with Gasteiger partial charge in [-0.3, -0.25) is 9.59 Å². The van der Waals surface area contributed by atoms with Crippen molar-refractivity contribution in [2.24, 2.45) is 0 Å². The molecule has 0 unspecified atom stereocenters. The highest BCUT2D eigenvalue weighted by Gasteiger charge is 2.66. The lowest BCUT2D eigenvalue weighted by atomic mass is 10.1. The van der Waals surface area contributed by atoms with Gasteiger partial charge in [0.1, 0.15) is 6.04 Å². The van der Waals surface area contributed by atoms with Crippen molar-refractivity contribution in [2.75, 3.05) is 0 Å². The van der Waals surface area contributed by atoms with E-state index in [1.165, 1.54) is 0 Å². The van der Waals surface area contributed by atoms with Crippen molar-refractivity contribution in [3.63, 3.8) is 0 Å². The summed E-state index contributed by atoms with van der Waals surface area (Å²) in [6.45, 7) is 0. The lowest BCUT2D eigenvalue weighted by molar-refractivity contribution is -0.180. The monoisotopic (exact) mass is 241 g/mol. The second kappa shape index (κ2) is 2.88. The van der Waals surface area contributed by atoms with Gasteiger partial charge in [-0.2, -0.15) is 13.2 Å². The molecule has 0 saturated carbocycles. The summed E-state index contributed by atoms with van der Waals surface area (Å²) in [7, 11) is 0. The molecule has 1 saturated heterocycles. The van der Waals surface area contributed by atoms with E-state index in [-0.39, 0.29) is 0 Å². The van der Waals surface area contributed by atoms with E-state index in [2.05, 4.69) is 0 Å². The molecule has 1 aromatic carbocycles. The minimum absolute atomic E-state index is 0.400. The van der Waals surface area contributed by atoms with Crippen molar-refractivity contribution in [1.82, 2.24) is 4.90 Å². The van der Waals surface area contributed by atoms with Gasteiger partial charge in [-0.25, -0.2) is 0 Å². The molecule has 0 spiro atoms. The molecule has 3 rings (SSSR count). The first kappa shape index (κ1) is 10.3. The van der Waals surface area contributed by atoms with Crippen molar-refractivity contribution >= 4 is 11.7 Å². The number of carbonyl (C=O) groups is 2. The average molecular weight is 241 g/mol. The minimum atomic E-state index is -4.92. The molecule has 1 heterocycles. The number of hydrogen-bond acceptors (Lipinski definition) is 2. The Morgan fingerprint density at radius 2 is 1.82 bits per heavy atom. The van der Waals surface area contributed by atoms with Crippen molar-refractivity contribution in [1.29, 1.82) is 0 Å². The number of fused-ring (bicyclic) bond motifs is 3. The molecule has 0 radical (unpaired) electrons. The topological polar surface area (TPSA) is 37.1 Å². The number of Topliss-reactive ketones (excluding diaryl/α,β-unsaturated/α-hetero) is 1. The molecule has 1 amide bonds. The molecule has 1 aromatic rings. The first-order valence-electron chi connectivity index (χ1n) is 4.95. The standard InChI is InChI=1S/C11H6F3NO2/c12-11(13,14)10(17)15-7-5-3-1-2-4-6(5)9(16)8(7)15/h1-4,7-8H/t7-,8-,15?/m1/s1. The third-order valence-corrected chi connectivity index (χ3v) is 3.10. The summed E-state index contributed by atoms with van der Waals surface area (Å²) in [4.78, 5) is 23.4. The summed E-state index contributed by atoms with van der Waals surface area (Å²) in [5, 5.41) is 0. The molecule has 17 heavy (non-hydrogen) atoms. The normalized spacial score (nSPS) is 25.6. The molecule has 0 N–H and O–H groups in total. The van der Waals surface area contributed by atoms with Crippen molar-refractivity contribution in [3.8, 4) is 0 Å². The van der Waals surface area contributed by atoms with E-state index in [9.17, 15) is 22.8 Å². The highest BCUT2D eigenvalue weighted by molar-refractivity contribution is 6.11. The molecule has 2 aliphatic rings. The number of carbonyl (C=O) groups excluding carboxylic acids is 2. The van der Waals surface area contributed by atoms with Gasteiger partial charge in [0.25, 0.3) is 0 Å². The highest BCUT2D eigenvalue weighted by atomic mass is 19.4. The van der Waals surface area contributed by atoms with E-state index in [4.69, 9.17) is 0 Å². The smallest absolute Gasteiger partial charge is 0.312 e. The van der Waals surface area contributed by atoms with Crippen LogP contribution >= 0.6 is 0 Å². The fourth-order valence-electron chi connectivity index (χ4n) is 2.36. The van der Waals surface area contributed by atoms with Crippen LogP contribution in [0.1, 0.15) is 22.0 Å². The Labute approximate surface area is 93.8 Å². The molecular formula is C11H6F3NO2. The van der Waals surface area contributed by atoms with Gasteiger partial charge >= 0.3 is 12.1 Å². The second-order valence-corrected chi connectivity index (χ2v) is 4.05.